The second kappa shape index (κ2) is 9.88. The molecular formula is C24H24FN5O4S. The number of urea groups is 1. The van der Waals surface area contributed by atoms with Crippen LogP contribution in [0.5, 0.6) is 11.5 Å². The lowest BCUT2D eigenvalue weighted by molar-refractivity contribution is 0.0632. The van der Waals surface area contributed by atoms with Gasteiger partial charge in [0.1, 0.15) is 10.7 Å². The molecule has 2 aliphatic heterocycles. The lowest BCUT2D eigenvalue weighted by Crippen LogP contribution is -2.48. The fourth-order valence-electron chi connectivity index (χ4n) is 3.99. The lowest BCUT2D eigenvalue weighted by atomic mass is 10.1. The number of carbonyl (C=O) groups is 2. The summed E-state index contributed by atoms with van der Waals surface area (Å²) >= 11 is 1.14. The van der Waals surface area contributed by atoms with Gasteiger partial charge >= 0.3 is 6.03 Å². The predicted octanol–water partition coefficient (Wildman–Crippen LogP) is 3.92. The van der Waals surface area contributed by atoms with Crippen molar-refractivity contribution in [2.45, 2.75) is 13.5 Å². The van der Waals surface area contributed by atoms with Gasteiger partial charge in [-0.1, -0.05) is 17.4 Å². The topological polar surface area (TPSA) is 96.0 Å². The summed E-state index contributed by atoms with van der Waals surface area (Å²) < 4.78 is 23.8. The molecule has 9 nitrogen and oxygen atoms in total. The summed E-state index contributed by atoms with van der Waals surface area (Å²) in [7, 11) is 0. The Hall–Kier alpha value is -3.70. The summed E-state index contributed by atoms with van der Waals surface area (Å²) in [5.74, 6) is 1.07. The molecule has 0 saturated carbocycles. The van der Waals surface area contributed by atoms with Crippen molar-refractivity contribution in [3.8, 4) is 11.5 Å². The molecule has 182 valence electrons. The van der Waals surface area contributed by atoms with E-state index in [-0.39, 0.29) is 18.5 Å². The number of amides is 3. The van der Waals surface area contributed by atoms with Crippen molar-refractivity contribution in [1.29, 1.82) is 0 Å². The Balaban J connectivity index is 1.14. The van der Waals surface area contributed by atoms with E-state index in [9.17, 15) is 14.0 Å². The molecule has 3 amide bonds. The first-order chi connectivity index (χ1) is 16.9. The fraction of sp³-hybridized carbons (Fsp3) is 0.292. The molecule has 0 atom stereocenters. The van der Waals surface area contributed by atoms with Crippen LogP contribution in [0.25, 0.3) is 0 Å². The van der Waals surface area contributed by atoms with Crippen LogP contribution in [0.4, 0.5) is 20.0 Å². The van der Waals surface area contributed by atoms with Gasteiger partial charge in [-0.25, -0.2) is 14.2 Å². The van der Waals surface area contributed by atoms with Gasteiger partial charge in [-0.3, -0.25) is 15.0 Å². The number of piperazine rings is 1. The van der Waals surface area contributed by atoms with Gasteiger partial charge in [-0.05, 0) is 48.9 Å². The molecule has 35 heavy (non-hydrogen) atoms. The first-order valence-corrected chi connectivity index (χ1v) is 12.0. The molecule has 3 aromatic rings. The summed E-state index contributed by atoms with van der Waals surface area (Å²) in [6.45, 7) is 5.50. The second-order valence-corrected chi connectivity index (χ2v) is 9.27. The summed E-state index contributed by atoms with van der Waals surface area (Å²) in [5, 5.41) is 5.58. The average Bonchev–Trinajstić information content (AvgIpc) is 3.46. The molecule has 5 rings (SSSR count). The van der Waals surface area contributed by atoms with Crippen LogP contribution in [0.1, 0.15) is 20.9 Å². The standard InChI is InChI=1S/C24H24FN5O4S/c1-15-21(35-24(26-15)28-23(32)27-18-5-3-17(25)4-6-18)22(31)30-10-8-29(9-11-30)13-16-2-7-19-20(12-16)34-14-33-19/h2-7,12H,8-11,13-14H2,1H3,(H2,26,27,28,32). The van der Waals surface area contributed by atoms with E-state index in [2.05, 4.69) is 20.5 Å². The van der Waals surface area contributed by atoms with Gasteiger partial charge in [-0.2, -0.15) is 0 Å². The Morgan fingerprint density at radius 3 is 2.54 bits per heavy atom. The molecule has 1 aromatic heterocycles. The van der Waals surface area contributed by atoms with E-state index in [0.717, 1.165) is 48.0 Å². The molecule has 1 fully saturated rings. The van der Waals surface area contributed by atoms with Crippen molar-refractivity contribution in [2.75, 3.05) is 43.6 Å². The number of hydrogen-bond donors (Lipinski definition) is 2. The molecule has 2 N–H and O–H groups in total. The minimum absolute atomic E-state index is 0.0882. The van der Waals surface area contributed by atoms with Crippen LogP contribution in [0.15, 0.2) is 42.5 Å². The number of halogens is 1. The molecule has 11 heteroatoms. The monoisotopic (exact) mass is 497 g/mol. The van der Waals surface area contributed by atoms with Crippen LogP contribution in [0.3, 0.4) is 0 Å². The highest BCUT2D eigenvalue weighted by Crippen LogP contribution is 2.33. The zero-order chi connectivity index (χ0) is 24.4. The molecule has 0 unspecified atom stereocenters. The Morgan fingerprint density at radius 2 is 1.77 bits per heavy atom. The van der Waals surface area contributed by atoms with Crippen molar-refractivity contribution < 1.29 is 23.5 Å². The summed E-state index contributed by atoms with van der Waals surface area (Å²) in [4.78, 5) is 34.3. The quantitative estimate of drug-likeness (QED) is 0.555. The van der Waals surface area contributed by atoms with Crippen LogP contribution in [-0.4, -0.2) is 59.7 Å². The minimum Gasteiger partial charge on any atom is -0.454 e. The summed E-state index contributed by atoms with van der Waals surface area (Å²) in [5.41, 5.74) is 2.16. The van der Waals surface area contributed by atoms with Gasteiger partial charge in [0.25, 0.3) is 5.91 Å². The number of nitrogens with zero attached hydrogens (tertiary/aromatic N) is 3. The number of aromatic nitrogens is 1. The Kier molecular flexibility index (Phi) is 6.51. The van der Waals surface area contributed by atoms with Crippen molar-refractivity contribution >= 4 is 34.1 Å². The molecule has 1 saturated heterocycles. The number of rotatable bonds is 5. The first kappa shape index (κ1) is 23.1. The average molecular weight is 498 g/mol. The number of benzene rings is 2. The van der Waals surface area contributed by atoms with Crippen molar-refractivity contribution in [3.63, 3.8) is 0 Å². The minimum atomic E-state index is -0.513. The largest absolute Gasteiger partial charge is 0.454 e. The second-order valence-electron chi connectivity index (χ2n) is 8.28. The molecule has 2 aromatic carbocycles. The van der Waals surface area contributed by atoms with E-state index in [0.29, 0.717) is 34.5 Å². The highest BCUT2D eigenvalue weighted by molar-refractivity contribution is 7.17. The van der Waals surface area contributed by atoms with Crippen LogP contribution in [-0.2, 0) is 6.54 Å². The van der Waals surface area contributed by atoms with Gasteiger partial charge in [0.15, 0.2) is 16.6 Å². The maximum atomic E-state index is 13.1. The van der Waals surface area contributed by atoms with E-state index >= 15 is 0 Å². The number of nitrogens with one attached hydrogen (secondary N) is 2. The van der Waals surface area contributed by atoms with Crippen molar-refractivity contribution in [3.05, 3.63) is 64.4 Å². The third-order valence-electron chi connectivity index (χ3n) is 5.82. The molecule has 0 spiro atoms. The number of hydrogen-bond acceptors (Lipinski definition) is 7. The normalized spacial score (nSPS) is 15.2. The number of thiazole rings is 1. The van der Waals surface area contributed by atoms with Gasteiger partial charge < -0.3 is 19.7 Å². The number of anilines is 2. The van der Waals surface area contributed by atoms with Crippen molar-refractivity contribution in [1.82, 2.24) is 14.8 Å². The number of carbonyl (C=O) groups excluding carboxylic acids is 2. The van der Waals surface area contributed by atoms with Gasteiger partial charge in [0, 0.05) is 38.4 Å². The maximum Gasteiger partial charge on any atom is 0.325 e. The van der Waals surface area contributed by atoms with Crippen LogP contribution in [0, 0.1) is 12.7 Å². The molecule has 3 heterocycles. The van der Waals surface area contributed by atoms with E-state index in [1.165, 1.54) is 24.3 Å². The zero-order valence-electron chi connectivity index (χ0n) is 19.0. The molecular weight excluding hydrogens is 473 g/mol. The third kappa shape index (κ3) is 5.36. The summed E-state index contributed by atoms with van der Waals surface area (Å²) in [6, 6.07) is 10.9. The first-order valence-electron chi connectivity index (χ1n) is 11.2. The predicted molar refractivity (Wildman–Crippen MR) is 130 cm³/mol. The van der Waals surface area contributed by atoms with Crippen LogP contribution in [0.2, 0.25) is 0 Å². The molecule has 0 radical (unpaired) electrons. The zero-order valence-corrected chi connectivity index (χ0v) is 19.9. The smallest absolute Gasteiger partial charge is 0.325 e. The maximum absolute atomic E-state index is 13.1. The van der Waals surface area contributed by atoms with E-state index in [4.69, 9.17) is 9.47 Å². The molecule has 2 aliphatic rings. The highest BCUT2D eigenvalue weighted by atomic mass is 32.1. The number of aryl methyl sites for hydroxylation is 1. The van der Waals surface area contributed by atoms with Gasteiger partial charge in [0.05, 0.1) is 5.69 Å². The fourth-order valence-corrected chi connectivity index (χ4v) is 4.92. The number of ether oxygens (including phenoxy) is 2. The highest BCUT2D eigenvalue weighted by Gasteiger charge is 2.26. The van der Waals surface area contributed by atoms with Crippen molar-refractivity contribution in [2.24, 2.45) is 0 Å². The summed E-state index contributed by atoms with van der Waals surface area (Å²) in [6.07, 6.45) is 0. The Morgan fingerprint density at radius 1 is 1.03 bits per heavy atom. The van der Waals surface area contributed by atoms with Crippen LogP contribution < -0.4 is 20.1 Å². The number of fused-ring (bicyclic) bond motifs is 1. The third-order valence-corrected chi connectivity index (χ3v) is 6.88. The molecule has 0 bridgehead atoms. The van der Waals surface area contributed by atoms with E-state index < -0.39 is 6.03 Å². The van der Waals surface area contributed by atoms with Crippen LogP contribution >= 0.6 is 11.3 Å². The van der Waals surface area contributed by atoms with Gasteiger partial charge in [-0.15, -0.1) is 0 Å². The van der Waals surface area contributed by atoms with Gasteiger partial charge in [0.2, 0.25) is 6.79 Å². The SMILES string of the molecule is Cc1nc(NC(=O)Nc2ccc(F)cc2)sc1C(=O)N1CCN(Cc2ccc3c(c2)OCO3)CC1. The van der Waals surface area contributed by atoms with E-state index in [1.807, 2.05) is 23.1 Å². The Labute approximate surface area is 205 Å². The Bertz CT molecular complexity index is 1240. The molecule has 0 aliphatic carbocycles. The van der Waals surface area contributed by atoms with E-state index in [1.54, 1.807) is 6.92 Å². The lowest BCUT2D eigenvalue weighted by Gasteiger charge is -2.34.